The van der Waals surface area contributed by atoms with Crippen molar-refractivity contribution in [1.82, 2.24) is 5.32 Å². The van der Waals surface area contributed by atoms with Crippen molar-refractivity contribution in [3.8, 4) is 5.75 Å². The van der Waals surface area contributed by atoms with E-state index in [-0.39, 0.29) is 17.8 Å². The number of ether oxygens (including phenoxy) is 1. The molecule has 1 amide bonds. The maximum atomic E-state index is 13.0. The summed E-state index contributed by atoms with van der Waals surface area (Å²) in [5.74, 6) is 0.146. The summed E-state index contributed by atoms with van der Waals surface area (Å²) in [4.78, 5) is 12.4. The van der Waals surface area contributed by atoms with Gasteiger partial charge in [-0.05, 0) is 55.0 Å². The summed E-state index contributed by atoms with van der Waals surface area (Å²) in [6, 6.07) is 20.2. The van der Waals surface area contributed by atoms with Gasteiger partial charge in [0.25, 0.3) is 5.91 Å². The van der Waals surface area contributed by atoms with Crippen LogP contribution < -0.4 is 10.1 Å². The van der Waals surface area contributed by atoms with Gasteiger partial charge in [0.05, 0.1) is 6.04 Å². The highest BCUT2D eigenvalue weighted by atomic mass is 35.5. The van der Waals surface area contributed by atoms with Crippen LogP contribution >= 0.6 is 11.6 Å². The van der Waals surface area contributed by atoms with Crippen molar-refractivity contribution in [3.63, 3.8) is 0 Å². The van der Waals surface area contributed by atoms with Gasteiger partial charge in [-0.1, -0.05) is 41.9 Å². The third kappa shape index (κ3) is 5.08. The highest BCUT2D eigenvalue weighted by molar-refractivity contribution is 6.31. The first-order chi connectivity index (χ1) is 13.0. The first kappa shape index (κ1) is 18.9. The summed E-state index contributed by atoms with van der Waals surface area (Å²) in [5, 5.41) is 3.55. The molecule has 0 aromatic heterocycles. The predicted molar refractivity (Wildman–Crippen MR) is 105 cm³/mol. The van der Waals surface area contributed by atoms with Crippen LogP contribution in [0.3, 0.4) is 0 Å². The van der Waals surface area contributed by atoms with Crippen molar-refractivity contribution in [3.05, 3.63) is 100 Å². The Morgan fingerprint density at radius 2 is 1.70 bits per heavy atom. The number of amides is 1. The van der Waals surface area contributed by atoms with Crippen LogP contribution in [0.5, 0.6) is 5.75 Å². The SMILES string of the molecule is C[C@H](NC(=O)c1ccc(OCc2ccccc2Cl)cc1)c1ccc(F)cc1. The third-order valence-electron chi connectivity index (χ3n) is 4.19. The van der Waals surface area contributed by atoms with Crippen LogP contribution in [0.15, 0.2) is 72.8 Å². The minimum Gasteiger partial charge on any atom is -0.489 e. The normalized spacial score (nSPS) is 11.7. The fourth-order valence-corrected chi connectivity index (χ4v) is 2.78. The number of nitrogens with one attached hydrogen (secondary N) is 1. The fraction of sp³-hybridized carbons (Fsp3) is 0.136. The molecule has 0 bridgehead atoms. The van der Waals surface area contributed by atoms with Crippen LogP contribution in [0.4, 0.5) is 4.39 Å². The van der Waals surface area contributed by atoms with E-state index in [9.17, 15) is 9.18 Å². The van der Waals surface area contributed by atoms with Gasteiger partial charge in [0.2, 0.25) is 0 Å². The summed E-state index contributed by atoms with van der Waals surface area (Å²) >= 11 is 6.11. The molecule has 5 heteroatoms. The molecule has 0 radical (unpaired) electrons. The molecule has 0 aliphatic rings. The van der Waals surface area contributed by atoms with E-state index >= 15 is 0 Å². The second-order valence-electron chi connectivity index (χ2n) is 6.15. The predicted octanol–water partition coefficient (Wildman–Crippen LogP) is 5.55. The average molecular weight is 384 g/mol. The number of hydrogen-bond acceptors (Lipinski definition) is 2. The molecule has 0 heterocycles. The number of carbonyl (C=O) groups excluding carboxylic acids is 1. The lowest BCUT2D eigenvalue weighted by atomic mass is 10.1. The van der Waals surface area contributed by atoms with Gasteiger partial charge in [-0.15, -0.1) is 0 Å². The van der Waals surface area contributed by atoms with E-state index in [1.165, 1.54) is 12.1 Å². The highest BCUT2D eigenvalue weighted by Gasteiger charge is 2.12. The van der Waals surface area contributed by atoms with E-state index in [2.05, 4.69) is 5.32 Å². The molecular weight excluding hydrogens is 365 g/mol. The van der Waals surface area contributed by atoms with Gasteiger partial charge in [0, 0.05) is 16.1 Å². The molecule has 1 atom stereocenters. The molecule has 3 aromatic carbocycles. The molecule has 0 saturated carbocycles. The van der Waals surface area contributed by atoms with Crippen molar-refractivity contribution in [2.45, 2.75) is 19.6 Å². The third-order valence-corrected chi connectivity index (χ3v) is 4.56. The van der Waals surface area contributed by atoms with Gasteiger partial charge in [-0.2, -0.15) is 0 Å². The minimum atomic E-state index is -0.301. The zero-order valence-corrected chi connectivity index (χ0v) is 15.5. The van der Waals surface area contributed by atoms with Crippen LogP contribution in [-0.4, -0.2) is 5.91 Å². The van der Waals surface area contributed by atoms with E-state index in [1.54, 1.807) is 36.4 Å². The van der Waals surface area contributed by atoms with Gasteiger partial charge in [0.1, 0.15) is 18.2 Å². The average Bonchev–Trinajstić information content (AvgIpc) is 2.68. The van der Waals surface area contributed by atoms with Crippen LogP contribution in [0.1, 0.15) is 34.5 Å². The molecule has 0 aliphatic carbocycles. The standard InChI is InChI=1S/C22H19ClFNO2/c1-15(16-6-10-19(24)11-7-16)25-22(26)17-8-12-20(13-9-17)27-14-18-4-2-3-5-21(18)23/h2-13,15H,14H2,1H3,(H,25,26)/t15-/m0/s1. The Balaban J connectivity index is 1.58. The van der Waals surface area contributed by atoms with Crippen LogP contribution in [0.2, 0.25) is 5.02 Å². The Kier molecular flexibility index (Phi) is 6.09. The quantitative estimate of drug-likeness (QED) is 0.606. The zero-order chi connectivity index (χ0) is 19.2. The van der Waals surface area contributed by atoms with Crippen molar-refractivity contribution >= 4 is 17.5 Å². The molecular formula is C22H19ClFNO2. The van der Waals surface area contributed by atoms with Gasteiger partial charge < -0.3 is 10.1 Å². The number of benzene rings is 3. The van der Waals surface area contributed by atoms with Gasteiger partial charge >= 0.3 is 0 Å². The van der Waals surface area contributed by atoms with E-state index in [4.69, 9.17) is 16.3 Å². The monoisotopic (exact) mass is 383 g/mol. The second-order valence-corrected chi connectivity index (χ2v) is 6.56. The topological polar surface area (TPSA) is 38.3 Å². The molecule has 1 N–H and O–H groups in total. The summed E-state index contributed by atoms with van der Waals surface area (Å²) < 4.78 is 18.7. The fourth-order valence-electron chi connectivity index (χ4n) is 2.59. The largest absolute Gasteiger partial charge is 0.489 e. The number of rotatable bonds is 6. The van der Waals surface area contributed by atoms with E-state index < -0.39 is 0 Å². The van der Waals surface area contributed by atoms with Gasteiger partial charge in [0.15, 0.2) is 0 Å². The molecule has 3 aromatic rings. The van der Waals surface area contributed by atoms with Crippen molar-refractivity contribution in [1.29, 1.82) is 0 Å². The Bertz CT molecular complexity index is 910. The molecule has 0 spiro atoms. The molecule has 0 aliphatic heterocycles. The van der Waals surface area contributed by atoms with Crippen molar-refractivity contribution in [2.75, 3.05) is 0 Å². The lowest BCUT2D eigenvalue weighted by Gasteiger charge is -2.14. The minimum absolute atomic E-state index is 0.204. The summed E-state index contributed by atoms with van der Waals surface area (Å²) in [5.41, 5.74) is 2.26. The summed E-state index contributed by atoms with van der Waals surface area (Å²) in [7, 11) is 0. The van der Waals surface area contributed by atoms with Crippen LogP contribution in [-0.2, 0) is 6.61 Å². The Morgan fingerprint density at radius 1 is 1.04 bits per heavy atom. The molecule has 27 heavy (non-hydrogen) atoms. The molecule has 3 rings (SSSR count). The highest BCUT2D eigenvalue weighted by Crippen LogP contribution is 2.19. The summed E-state index contributed by atoms with van der Waals surface area (Å²) in [6.45, 7) is 2.21. The first-order valence-corrected chi connectivity index (χ1v) is 8.93. The van der Waals surface area contributed by atoms with Gasteiger partial charge in [-0.3, -0.25) is 4.79 Å². The zero-order valence-electron chi connectivity index (χ0n) is 14.8. The van der Waals surface area contributed by atoms with E-state index in [0.29, 0.717) is 22.9 Å². The van der Waals surface area contributed by atoms with Crippen LogP contribution in [0, 0.1) is 5.82 Å². The maximum absolute atomic E-state index is 13.0. The first-order valence-electron chi connectivity index (χ1n) is 8.55. The lowest BCUT2D eigenvalue weighted by molar-refractivity contribution is 0.0940. The number of halogens is 2. The summed E-state index contributed by atoms with van der Waals surface area (Å²) in [6.07, 6.45) is 0. The van der Waals surface area contributed by atoms with E-state index in [0.717, 1.165) is 11.1 Å². The van der Waals surface area contributed by atoms with Gasteiger partial charge in [-0.25, -0.2) is 4.39 Å². The molecule has 0 saturated heterocycles. The number of hydrogen-bond donors (Lipinski definition) is 1. The molecule has 0 unspecified atom stereocenters. The lowest BCUT2D eigenvalue weighted by Crippen LogP contribution is -2.26. The Labute approximate surface area is 162 Å². The van der Waals surface area contributed by atoms with E-state index in [1.807, 2.05) is 31.2 Å². The number of carbonyl (C=O) groups is 1. The Hall–Kier alpha value is -2.85. The Morgan fingerprint density at radius 3 is 2.37 bits per heavy atom. The van der Waals surface area contributed by atoms with Crippen molar-refractivity contribution < 1.29 is 13.9 Å². The van der Waals surface area contributed by atoms with Crippen molar-refractivity contribution in [2.24, 2.45) is 0 Å². The molecule has 3 nitrogen and oxygen atoms in total. The smallest absolute Gasteiger partial charge is 0.251 e. The molecule has 138 valence electrons. The second kappa shape index (κ2) is 8.69. The maximum Gasteiger partial charge on any atom is 0.251 e. The molecule has 0 fully saturated rings. The van der Waals surface area contributed by atoms with Crippen LogP contribution in [0.25, 0.3) is 0 Å².